The lowest BCUT2D eigenvalue weighted by Gasteiger charge is -2.38. The number of piperazine rings is 1. The molecule has 2 rings (SSSR count). The van der Waals surface area contributed by atoms with E-state index in [2.05, 4.69) is 36.0 Å². The highest BCUT2D eigenvalue weighted by Gasteiger charge is 2.30. The van der Waals surface area contributed by atoms with Crippen LogP contribution in [0.4, 0.5) is 0 Å². The molecule has 23 heavy (non-hydrogen) atoms. The van der Waals surface area contributed by atoms with Crippen molar-refractivity contribution in [2.75, 3.05) is 51.3 Å². The lowest BCUT2D eigenvalue weighted by Crippen LogP contribution is -2.54. The quantitative estimate of drug-likeness (QED) is 0.735. The Morgan fingerprint density at radius 3 is 2.52 bits per heavy atom. The summed E-state index contributed by atoms with van der Waals surface area (Å²) >= 11 is 1.87. The van der Waals surface area contributed by atoms with E-state index in [1.54, 1.807) is 0 Å². The number of likely N-dealkylation sites (tertiary alicyclic amines) is 1. The monoisotopic (exact) mass is 338 g/mol. The molecule has 2 fully saturated rings. The SMILES string of the molecule is CSC[C@@H]1CCCN1CC(=O)N1CCN([C@@H](C#N)C(C)C)CC1. The first-order valence-corrected chi connectivity index (χ1v) is 10.1. The van der Waals surface area contributed by atoms with Crippen molar-refractivity contribution in [3.8, 4) is 6.07 Å². The molecule has 0 aromatic rings. The molecule has 0 spiro atoms. The van der Waals surface area contributed by atoms with Crippen LogP contribution in [0.15, 0.2) is 0 Å². The lowest BCUT2D eigenvalue weighted by molar-refractivity contribution is -0.134. The molecule has 0 aromatic carbocycles. The molecule has 130 valence electrons. The van der Waals surface area contributed by atoms with Gasteiger partial charge >= 0.3 is 0 Å². The molecule has 1 amide bonds. The second kappa shape index (κ2) is 8.91. The summed E-state index contributed by atoms with van der Waals surface area (Å²) < 4.78 is 0. The van der Waals surface area contributed by atoms with Gasteiger partial charge in [-0.2, -0.15) is 17.0 Å². The maximum absolute atomic E-state index is 12.6. The zero-order valence-electron chi connectivity index (χ0n) is 14.7. The van der Waals surface area contributed by atoms with Gasteiger partial charge in [0.1, 0.15) is 6.04 Å². The van der Waals surface area contributed by atoms with Gasteiger partial charge in [0.05, 0.1) is 12.6 Å². The summed E-state index contributed by atoms with van der Waals surface area (Å²) in [5, 5.41) is 9.31. The average Bonchev–Trinajstić information content (AvgIpc) is 2.96. The second-order valence-corrected chi connectivity index (χ2v) is 7.87. The molecule has 0 bridgehead atoms. The molecule has 5 nitrogen and oxygen atoms in total. The van der Waals surface area contributed by atoms with Gasteiger partial charge in [0, 0.05) is 38.0 Å². The minimum atomic E-state index is -0.0307. The first-order valence-electron chi connectivity index (χ1n) is 8.71. The Morgan fingerprint density at radius 1 is 1.26 bits per heavy atom. The first kappa shape index (κ1) is 18.6. The summed E-state index contributed by atoms with van der Waals surface area (Å²) in [5.41, 5.74) is 0. The summed E-state index contributed by atoms with van der Waals surface area (Å²) in [7, 11) is 0. The molecular weight excluding hydrogens is 308 g/mol. The summed E-state index contributed by atoms with van der Waals surface area (Å²) in [6, 6.07) is 2.94. The van der Waals surface area contributed by atoms with E-state index in [0.717, 1.165) is 38.5 Å². The number of rotatable bonds is 6. The number of nitriles is 1. The Balaban J connectivity index is 1.81. The molecule has 0 N–H and O–H groups in total. The molecule has 2 aliphatic rings. The number of thioether (sulfide) groups is 1. The summed E-state index contributed by atoms with van der Waals surface area (Å²) in [6.45, 7) is 8.94. The van der Waals surface area contributed by atoms with E-state index in [0.29, 0.717) is 18.5 Å². The van der Waals surface area contributed by atoms with Gasteiger partial charge in [0.2, 0.25) is 5.91 Å². The van der Waals surface area contributed by atoms with E-state index >= 15 is 0 Å². The van der Waals surface area contributed by atoms with E-state index in [-0.39, 0.29) is 11.9 Å². The fraction of sp³-hybridized carbons (Fsp3) is 0.882. The highest BCUT2D eigenvalue weighted by Crippen LogP contribution is 2.20. The van der Waals surface area contributed by atoms with Gasteiger partial charge in [-0.25, -0.2) is 0 Å². The number of hydrogen-bond acceptors (Lipinski definition) is 5. The molecule has 0 aliphatic carbocycles. The van der Waals surface area contributed by atoms with Crippen molar-refractivity contribution >= 4 is 17.7 Å². The van der Waals surface area contributed by atoms with E-state index < -0.39 is 0 Å². The van der Waals surface area contributed by atoms with Crippen LogP contribution in [0.2, 0.25) is 0 Å². The van der Waals surface area contributed by atoms with Crippen LogP contribution in [0.5, 0.6) is 0 Å². The largest absolute Gasteiger partial charge is 0.339 e. The van der Waals surface area contributed by atoms with Gasteiger partial charge in [-0.1, -0.05) is 13.8 Å². The fourth-order valence-electron chi connectivity index (χ4n) is 3.66. The van der Waals surface area contributed by atoms with Crippen molar-refractivity contribution in [3.63, 3.8) is 0 Å². The summed E-state index contributed by atoms with van der Waals surface area (Å²) in [4.78, 5) is 19.1. The molecule has 0 saturated carbocycles. The average molecular weight is 339 g/mol. The van der Waals surface area contributed by atoms with E-state index in [1.807, 2.05) is 16.7 Å². The van der Waals surface area contributed by atoms with Crippen LogP contribution in [0.1, 0.15) is 26.7 Å². The number of amides is 1. The maximum atomic E-state index is 12.6. The normalized spacial score (nSPS) is 24.8. The number of carbonyl (C=O) groups is 1. The van der Waals surface area contributed by atoms with Gasteiger partial charge in [0.15, 0.2) is 0 Å². The van der Waals surface area contributed by atoms with Gasteiger partial charge in [-0.15, -0.1) is 0 Å². The van der Waals surface area contributed by atoms with Crippen molar-refractivity contribution in [1.82, 2.24) is 14.7 Å². The van der Waals surface area contributed by atoms with Crippen LogP contribution in [0.25, 0.3) is 0 Å². The van der Waals surface area contributed by atoms with Gasteiger partial charge in [-0.3, -0.25) is 14.6 Å². The molecule has 2 aliphatic heterocycles. The minimum Gasteiger partial charge on any atom is -0.339 e. The van der Waals surface area contributed by atoms with Crippen molar-refractivity contribution in [3.05, 3.63) is 0 Å². The number of carbonyl (C=O) groups excluding carboxylic acids is 1. The zero-order valence-corrected chi connectivity index (χ0v) is 15.5. The lowest BCUT2D eigenvalue weighted by atomic mass is 10.0. The Kier molecular flexibility index (Phi) is 7.19. The van der Waals surface area contributed by atoms with Gasteiger partial charge in [0.25, 0.3) is 0 Å². The van der Waals surface area contributed by atoms with Crippen LogP contribution in [-0.4, -0.2) is 84.0 Å². The minimum absolute atomic E-state index is 0.0307. The molecule has 0 aromatic heterocycles. The second-order valence-electron chi connectivity index (χ2n) is 6.96. The van der Waals surface area contributed by atoms with Crippen LogP contribution in [0.3, 0.4) is 0 Å². The summed E-state index contributed by atoms with van der Waals surface area (Å²) in [5.74, 6) is 1.72. The van der Waals surface area contributed by atoms with Crippen LogP contribution in [-0.2, 0) is 4.79 Å². The Bertz CT molecular complexity index is 429. The third-order valence-corrected chi connectivity index (χ3v) is 5.74. The first-order chi connectivity index (χ1) is 11.1. The van der Waals surface area contributed by atoms with Crippen molar-refractivity contribution < 1.29 is 4.79 Å². The van der Waals surface area contributed by atoms with Gasteiger partial charge in [-0.05, 0) is 31.6 Å². The smallest absolute Gasteiger partial charge is 0.236 e. The number of hydrogen-bond donors (Lipinski definition) is 0. The predicted octanol–water partition coefficient (Wildman–Crippen LogP) is 1.51. The van der Waals surface area contributed by atoms with Crippen molar-refractivity contribution in [2.45, 2.75) is 38.8 Å². The Morgan fingerprint density at radius 2 is 1.96 bits per heavy atom. The zero-order chi connectivity index (χ0) is 16.8. The fourth-order valence-corrected chi connectivity index (χ4v) is 4.42. The number of nitrogens with zero attached hydrogens (tertiary/aromatic N) is 4. The van der Waals surface area contributed by atoms with E-state index in [9.17, 15) is 10.1 Å². The molecule has 6 heteroatoms. The molecule has 0 radical (unpaired) electrons. The third kappa shape index (κ3) is 4.85. The molecular formula is C17H30N4OS. The molecule has 2 saturated heterocycles. The topological polar surface area (TPSA) is 50.6 Å². The maximum Gasteiger partial charge on any atom is 0.236 e. The van der Waals surface area contributed by atoms with Crippen LogP contribution >= 0.6 is 11.8 Å². The van der Waals surface area contributed by atoms with Crippen molar-refractivity contribution in [2.24, 2.45) is 5.92 Å². The molecule has 2 heterocycles. The molecule has 2 atom stereocenters. The van der Waals surface area contributed by atoms with E-state index in [1.165, 1.54) is 12.8 Å². The Hall–Kier alpha value is -0.770. The predicted molar refractivity (Wildman–Crippen MR) is 95.4 cm³/mol. The van der Waals surface area contributed by atoms with Crippen LogP contribution < -0.4 is 0 Å². The van der Waals surface area contributed by atoms with Crippen LogP contribution in [0, 0.1) is 17.2 Å². The van der Waals surface area contributed by atoms with Crippen molar-refractivity contribution in [1.29, 1.82) is 5.26 Å². The third-order valence-electron chi connectivity index (χ3n) is 5.02. The highest BCUT2D eigenvalue weighted by atomic mass is 32.2. The van der Waals surface area contributed by atoms with Gasteiger partial charge < -0.3 is 4.90 Å². The summed E-state index contributed by atoms with van der Waals surface area (Å²) in [6.07, 6.45) is 4.57. The highest BCUT2D eigenvalue weighted by molar-refractivity contribution is 7.98. The Labute approximate surface area is 145 Å². The molecule has 0 unspecified atom stereocenters. The standard InChI is InChI=1S/C17H30N4OS/c1-14(2)16(11-18)19-7-9-20(10-8-19)17(22)12-21-6-4-5-15(21)13-23-3/h14-16H,4-10,12-13H2,1-3H3/t15-,16-/m0/s1. The van der Waals surface area contributed by atoms with E-state index in [4.69, 9.17) is 0 Å².